The number of rotatable bonds is 26. The van der Waals surface area contributed by atoms with Crippen LogP contribution in [0.3, 0.4) is 0 Å². The molecule has 0 amide bonds. The van der Waals surface area contributed by atoms with Crippen molar-refractivity contribution in [3.8, 4) is 0 Å². The zero-order valence-electron chi connectivity index (χ0n) is 29.4. The molecule has 0 bridgehead atoms. The van der Waals surface area contributed by atoms with Crippen LogP contribution >= 0.6 is 0 Å². The Morgan fingerprint density at radius 1 is 0.561 bits per heavy atom. The van der Waals surface area contributed by atoms with Gasteiger partial charge >= 0.3 is 263 Å². The zero-order chi connectivity index (χ0) is 31.4. The Balaban J connectivity index is 6.17. The second-order valence-electron chi connectivity index (χ2n) is 14.4. The van der Waals surface area contributed by atoms with Gasteiger partial charge < -0.3 is 0 Å². The monoisotopic (exact) mass is 688 g/mol. The molecule has 0 saturated heterocycles. The molecule has 5 heteroatoms. The predicted octanol–water partition coefficient (Wildman–Crippen LogP) is 11.9. The van der Waals surface area contributed by atoms with Crippen molar-refractivity contribution in [2.24, 2.45) is 22.7 Å². The molecule has 0 spiro atoms. The van der Waals surface area contributed by atoms with Gasteiger partial charge in [0.1, 0.15) is 0 Å². The van der Waals surface area contributed by atoms with Gasteiger partial charge in [0.2, 0.25) is 0 Å². The SMILES string of the molecule is CCCCCCC[CH2][Sn]([CH2]CCCCCCC)([O]C(=O)C(C)(CC)CCC(C)C)[O]C(=O)C(C)(CC)CCC(C)C. The van der Waals surface area contributed by atoms with Gasteiger partial charge in [0.25, 0.3) is 0 Å². The van der Waals surface area contributed by atoms with Crippen molar-refractivity contribution in [1.82, 2.24) is 0 Å². The summed E-state index contributed by atoms with van der Waals surface area (Å²) in [5.41, 5.74) is -1.04. The van der Waals surface area contributed by atoms with Crippen LogP contribution in [0.2, 0.25) is 8.87 Å². The summed E-state index contributed by atoms with van der Waals surface area (Å²) in [6.07, 6.45) is 19.3. The van der Waals surface area contributed by atoms with Gasteiger partial charge in [-0.3, -0.25) is 0 Å². The Bertz CT molecular complexity index is 633. The first kappa shape index (κ1) is 40.7. The van der Waals surface area contributed by atoms with Crippen LogP contribution in [0.25, 0.3) is 0 Å². The van der Waals surface area contributed by atoms with E-state index in [1.54, 1.807) is 0 Å². The average Bonchev–Trinajstić information content (AvgIpc) is 2.93. The Kier molecular flexibility index (Phi) is 22.1. The van der Waals surface area contributed by atoms with E-state index in [-0.39, 0.29) is 11.9 Å². The Morgan fingerprint density at radius 2 is 0.878 bits per heavy atom. The quantitative estimate of drug-likeness (QED) is 0.0671. The van der Waals surface area contributed by atoms with Crippen molar-refractivity contribution in [2.75, 3.05) is 0 Å². The molecular formula is C36H72O4Sn. The van der Waals surface area contributed by atoms with Gasteiger partial charge in [-0.2, -0.15) is 0 Å². The molecule has 2 unspecified atom stereocenters. The normalized spacial score (nSPS) is 15.1. The molecule has 0 aliphatic rings. The minimum absolute atomic E-state index is 0.0957. The Morgan fingerprint density at radius 3 is 1.17 bits per heavy atom. The Hall–Kier alpha value is -0.261. The molecular weight excluding hydrogens is 615 g/mol. The van der Waals surface area contributed by atoms with E-state index in [1.165, 1.54) is 51.4 Å². The fraction of sp³-hybridized carbons (Fsp3) is 0.944. The number of hydrogen-bond acceptors (Lipinski definition) is 4. The molecule has 0 aliphatic carbocycles. The molecule has 0 heterocycles. The molecule has 0 aromatic rings. The summed E-state index contributed by atoms with van der Waals surface area (Å²) in [5, 5.41) is 0. The molecule has 0 radical (unpaired) electrons. The first-order valence-corrected chi connectivity index (χ1v) is 24.2. The summed E-state index contributed by atoms with van der Waals surface area (Å²) in [5.74, 6) is 0.887. The van der Waals surface area contributed by atoms with Crippen molar-refractivity contribution < 1.29 is 15.7 Å². The molecule has 244 valence electrons. The summed E-state index contributed by atoms with van der Waals surface area (Å²) in [6, 6.07) is 0. The molecule has 0 fully saturated rings. The summed E-state index contributed by atoms with van der Waals surface area (Å²) in [7, 11) is 0. The molecule has 0 rings (SSSR count). The van der Waals surface area contributed by atoms with Crippen LogP contribution in [0.15, 0.2) is 0 Å². The van der Waals surface area contributed by atoms with Crippen LogP contribution in [0, 0.1) is 22.7 Å². The third kappa shape index (κ3) is 17.0. The number of carbonyl (C=O) groups excluding carboxylic acids is 2. The van der Waals surface area contributed by atoms with Crippen LogP contribution in [0.4, 0.5) is 0 Å². The maximum atomic E-state index is 14.0. The number of unbranched alkanes of at least 4 members (excludes halogenated alkanes) is 10. The summed E-state index contributed by atoms with van der Waals surface area (Å²) >= 11 is -4.12. The van der Waals surface area contributed by atoms with E-state index in [4.69, 9.17) is 6.15 Å². The molecule has 0 aliphatic heterocycles. The van der Waals surface area contributed by atoms with Gasteiger partial charge in [0.15, 0.2) is 0 Å². The van der Waals surface area contributed by atoms with Gasteiger partial charge in [-0.15, -0.1) is 0 Å². The van der Waals surface area contributed by atoms with E-state index in [9.17, 15) is 9.59 Å². The summed E-state index contributed by atoms with van der Waals surface area (Å²) in [6.45, 7) is 21.7. The fourth-order valence-corrected chi connectivity index (χ4v) is 15.2. The third-order valence-corrected chi connectivity index (χ3v) is 19.0. The van der Waals surface area contributed by atoms with E-state index in [0.29, 0.717) is 11.8 Å². The van der Waals surface area contributed by atoms with Gasteiger partial charge in [0.05, 0.1) is 0 Å². The first-order valence-electron chi connectivity index (χ1n) is 17.8. The molecule has 0 saturated carbocycles. The third-order valence-electron chi connectivity index (χ3n) is 9.47. The first-order chi connectivity index (χ1) is 19.3. The van der Waals surface area contributed by atoms with E-state index < -0.39 is 30.0 Å². The van der Waals surface area contributed by atoms with E-state index in [1.807, 2.05) is 0 Å². The Labute approximate surface area is 262 Å². The molecule has 0 aromatic heterocycles. The van der Waals surface area contributed by atoms with Crippen LogP contribution in [-0.2, 0) is 15.7 Å². The van der Waals surface area contributed by atoms with Crippen molar-refractivity contribution in [2.45, 2.75) is 194 Å². The second kappa shape index (κ2) is 22.3. The number of carbonyl (C=O) groups is 2. The van der Waals surface area contributed by atoms with Crippen molar-refractivity contribution >= 4 is 31.1 Å². The maximum absolute atomic E-state index is 14.0. The van der Waals surface area contributed by atoms with E-state index in [2.05, 4.69) is 69.2 Å². The van der Waals surface area contributed by atoms with Crippen molar-refractivity contribution in [1.29, 1.82) is 0 Å². The van der Waals surface area contributed by atoms with Gasteiger partial charge in [-0.1, -0.05) is 0 Å². The van der Waals surface area contributed by atoms with Gasteiger partial charge in [-0.05, 0) is 0 Å². The summed E-state index contributed by atoms with van der Waals surface area (Å²) in [4.78, 5) is 28.1. The topological polar surface area (TPSA) is 52.6 Å². The van der Waals surface area contributed by atoms with Gasteiger partial charge in [0, 0.05) is 0 Å². The fourth-order valence-electron chi connectivity index (χ4n) is 5.34. The van der Waals surface area contributed by atoms with Crippen LogP contribution in [-0.4, -0.2) is 31.1 Å². The van der Waals surface area contributed by atoms with E-state index >= 15 is 0 Å². The van der Waals surface area contributed by atoms with Gasteiger partial charge in [-0.25, -0.2) is 0 Å². The van der Waals surface area contributed by atoms with Crippen LogP contribution < -0.4 is 0 Å². The minimum atomic E-state index is -4.12. The van der Waals surface area contributed by atoms with Crippen molar-refractivity contribution in [3.63, 3.8) is 0 Å². The molecule has 0 aromatic carbocycles. The zero-order valence-corrected chi connectivity index (χ0v) is 32.3. The van der Waals surface area contributed by atoms with Crippen molar-refractivity contribution in [3.05, 3.63) is 0 Å². The average molecular weight is 688 g/mol. The molecule has 0 N–H and O–H groups in total. The van der Waals surface area contributed by atoms with Crippen LogP contribution in [0.1, 0.15) is 185 Å². The standard InChI is InChI=1S/2C10H20O2.2C8H17.Sn/c2*1-5-10(4,9(11)12)7-6-8(2)3;2*1-3-5-7-8-6-4-2;/h2*8H,5-7H2,1-4H3,(H,11,12);2*1,3-8H2,2H3;/q;;;;+2/p-2. The molecule has 2 atom stereocenters. The molecule has 41 heavy (non-hydrogen) atoms. The van der Waals surface area contributed by atoms with E-state index in [0.717, 1.165) is 73.1 Å². The van der Waals surface area contributed by atoms with Crippen LogP contribution in [0.5, 0.6) is 0 Å². The predicted molar refractivity (Wildman–Crippen MR) is 179 cm³/mol. The summed E-state index contributed by atoms with van der Waals surface area (Å²) < 4.78 is 15.1. The molecule has 4 nitrogen and oxygen atoms in total. The number of hydrogen-bond donors (Lipinski definition) is 0. The second-order valence-corrected chi connectivity index (χ2v) is 23.6.